The molecule has 3 aromatic rings. The number of nitrogen functional groups attached to an aromatic ring is 1. The van der Waals surface area contributed by atoms with Crippen molar-refractivity contribution in [2.24, 2.45) is 0 Å². The molecule has 4 heteroatoms. The van der Waals surface area contributed by atoms with Gasteiger partial charge in [0.15, 0.2) is 0 Å². The number of rotatable bonds is 3. The molecule has 2 aromatic carbocycles. The third-order valence-electron chi connectivity index (χ3n) is 2.87. The van der Waals surface area contributed by atoms with Crippen molar-refractivity contribution in [3.63, 3.8) is 0 Å². The third kappa shape index (κ3) is 9.40. The van der Waals surface area contributed by atoms with Gasteiger partial charge in [-0.2, -0.15) is 0 Å². The van der Waals surface area contributed by atoms with Crippen LogP contribution in [0.2, 0.25) is 0 Å². The smallest absolute Gasteiger partial charge is 0.227 e. The predicted molar refractivity (Wildman–Crippen MR) is 120 cm³/mol. The number of benzene rings is 2. The minimum atomic E-state index is 0.553. The Labute approximate surface area is 164 Å². The van der Waals surface area contributed by atoms with E-state index in [2.05, 4.69) is 29.1 Å². The first-order chi connectivity index (χ1) is 13.2. The van der Waals surface area contributed by atoms with Crippen LogP contribution in [-0.2, 0) is 0 Å². The zero-order valence-electron chi connectivity index (χ0n) is 17.5. The maximum Gasteiger partial charge on any atom is 0.227 e. The highest BCUT2D eigenvalue weighted by Crippen LogP contribution is 2.19. The minimum Gasteiger partial charge on any atom is -0.399 e. The molecule has 0 aliphatic carbocycles. The predicted octanol–water partition coefficient (Wildman–Crippen LogP) is 6.94. The summed E-state index contributed by atoms with van der Waals surface area (Å²) in [6.45, 7) is 12.2. The van der Waals surface area contributed by atoms with Gasteiger partial charge < -0.3 is 11.1 Å². The van der Waals surface area contributed by atoms with Crippen LogP contribution in [0.3, 0.4) is 0 Å². The maximum atomic E-state index is 5.75. The first-order valence-corrected chi connectivity index (χ1v) is 9.74. The number of anilines is 3. The van der Waals surface area contributed by atoms with Crippen LogP contribution in [0.15, 0.2) is 66.9 Å². The minimum absolute atomic E-state index is 0.553. The summed E-state index contributed by atoms with van der Waals surface area (Å²) in [5, 5.41) is 3.15. The second kappa shape index (κ2) is 15.4. The van der Waals surface area contributed by atoms with Crippen LogP contribution in [0.25, 0.3) is 11.3 Å². The summed E-state index contributed by atoms with van der Waals surface area (Å²) >= 11 is 0. The van der Waals surface area contributed by atoms with Crippen LogP contribution in [0.4, 0.5) is 17.3 Å². The molecule has 0 saturated carbocycles. The molecule has 0 aliphatic heterocycles. The van der Waals surface area contributed by atoms with Gasteiger partial charge in [-0.15, -0.1) is 0 Å². The summed E-state index contributed by atoms with van der Waals surface area (Å²) in [5.74, 6) is 0.553. The average Bonchev–Trinajstić information content (AvgIpc) is 2.73. The summed E-state index contributed by atoms with van der Waals surface area (Å²) in [4.78, 5) is 8.73. The zero-order valence-corrected chi connectivity index (χ0v) is 17.5. The van der Waals surface area contributed by atoms with Gasteiger partial charge in [0.05, 0.1) is 5.69 Å². The van der Waals surface area contributed by atoms with E-state index < -0.39 is 0 Å². The topological polar surface area (TPSA) is 63.8 Å². The highest BCUT2D eigenvalue weighted by molar-refractivity contribution is 5.63. The van der Waals surface area contributed by atoms with Crippen LogP contribution in [0.5, 0.6) is 0 Å². The molecule has 0 amide bonds. The summed E-state index contributed by atoms with van der Waals surface area (Å²) in [6, 6.07) is 19.4. The van der Waals surface area contributed by atoms with Crippen LogP contribution < -0.4 is 11.1 Å². The van der Waals surface area contributed by atoms with Gasteiger partial charge in [0.1, 0.15) is 0 Å². The lowest BCUT2D eigenvalue weighted by Crippen LogP contribution is -1.98. The van der Waals surface area contributed by atoms with Gasteiger partial charge in [-0.3, -0.25) is 0 Å². The molecule has 0 saturated heterocycles. The first-order valence-electron chi connectivity index (χ1n) is 9.74. The Morgan fingerprint density at radius 2 is 1.48 bits per heavy atom. The number of nitrogens with two attached hydrogens (primary N) is 1. The molecule has 3 N–H and O–H groups in total. The summed E-state index contributed by atoms with van der Waals surface area (Å²) < 4.78 is 0. The molecule has 4 nitrogen and oxygen atoms in total. The maximum absolute atomic E-state index is 5.75. The van der Waals surface area contributed by atoms with E-state index in [1.54, 1.807) is 6.20 Å². The zero-order chi connectivity index (χ0) is 20.5. The fraction of sp³-hybridized carbons (Fsp3) is 0.304. The van der Waals surface area contributed by atoms with E-state index in [4.69, 9.17) is 5.73 Å². The molecule has 1 heterocycles. The van der Waals surface area contributed by atoms with Crippen molar-refractivity contribution in [2.45, 2.75) is 48.0 Å². The Bertz CT molecular complexity index is 727. The van der Waals surface area contributed by atoms with E-state index in [1.807, 2.05) is 88.4 Å². The summed E-state index contributed by atoms with van der Waals surface area (Å²) in [6.07, 6.45) is 2.99. The van der Waals surface area contributed by atoms with Gasteiger partial charge in [-0.1, -0.05) is 84.4 Å². The molecule has 0 fully saturated rings. The lowest BCUT2D eigenvalue weighted by molar-refractivity contribution is 1.09. The van der Waals surface area contributed by atoms with Crippen LogP contribution >= 0.6 is 0 Å². The number of hydrogen-bond donors (Lipinski definition) is 2. The van der Waals surface area contributed by atoms with E-state index in [-0.39, 0.29) is 0 Å². The number of nitrogens with zero attached hydrogens (tertiary/aromatic N) is 2. The Hall–Kier alpha value is -2.88. The van der Waals surface area contributed by atoms with Crippen LogP contribution in [0, 0.1) is 0 Å². The summed E-state index contributed by atoms with van der Waals surface area (Å²) in [7, 11) is 0. The van der Waals surface area contributed by atoms with Crippen molar-refractivity contribution in [1.82, 2.24) is 9.97 Å². The van der Waals surface area contributed by atoms with Gasteiger partial charge in [-0.25, -0.2) is 9.97 Å². The molecule has 0 unspecified atom stereocenters. The quantitative estimate of drug-likeness (QED) is 0.493. The van der Waals surface area contributed by atoms with Crippen molar-refractivity contribution < 1.29 is 0 Å². The van der Waals surface area contributed by atoms with Gasteiger partial charge in [0.25, 0.3) is 0 Å². The molecule has 0 aliphatic rings. The molecule has 0 atom stereocenters. The molecule has 0 radical (unpaired) electrons. The van der Waals surface area contributed by atoms with Crippen molar-refractivity contribution in [3.05, 3.63) is 66.9 Å². The Balaban J connectivity index is 0.000000860. The second-order valence-corrected chi connectivity index (χ2v) is 5.09. The Kier molecular flexibility index (Phi) is 13.7. The second-order valence-electron chi connectivity index (χ2n) is 5.09. The van der Waals surface area contributed by atoms with Crippen molar-refractivity contribution in [1.29, 1.82) is 0 Å². The lowest BCUT2D eigenvalue weighted by atomic mass is 10.1. The number of aromatic nitrogens is 2. The Morgan fingerprint density at radius 1 is 0.852 bits per heavy atom. The molecule has 1 aromatic heterocycles. The van der Waals surface area contributed by atoms with Crippen molar-refractivity contribution in [2.75, 3.05) is 11.1 Å². The first kappa shape index (κ1) is 24.1. The lowest BCUT2D eigenvalue weighted by Gasteiger charge is -2.07. The molecule has 3 rings (SSSR count). The van der Waals surface area contributed by atoms with Crippen molar-refractivity contribution >= 4 is 17.3 Å². The molecule has 0 bridgehead atoms. The van der Waals surface area contributed by atoms with E-state index in [1.165, 1.54) is 6.42 Å². The third-order valence-corrected chi connectivity index (χ3v) is 2.87. The Morgan fingerprint density at radius 3 is 2.07 bits per heavy atom. The standard InChI is InChI=1S/C16H14N4.C3H8.2C2H6/c17-13-7-4-8-14(11-13)19-16-18-10-9-15(20-16)12-5-2-1-3-6-12;1-3-2;2*1-2/h1-11H,17H2,(H,18,19,20);3H2,1-2H3;2*1-2H3. The van der Waals surface area contributed by atoms with E-state index >= 15 is 0 Å². The summed E-state index contributed by atoms with van der Waals surface area (Å²) in [5.41, 5.74) is 9.27. The van der Waals surface area contributed by atoms with Gasteiger partial charge in [0.2, 0.25) is 5.95 Å². The highest BCUT2D eigenvalue weighted by Gasteiger charge is 2.02. The number of hydrogen-bond acceptors (Lipinski definition) is 4. The van der Waals surface area contributed by atoms with Gasteiger partial charge >= 0.3 is 0 Å². The van der Waals surface area contributed by atoms with Crippen LogP contribution in [0.1, 0.15) is 48.0 Å². The molecule has 27 heavy (non-hydrogen) atoms. The largest absolute Gasteiger partial charge is 0.399 e. The molecular formula is C23H34N4. The fourth-order valence-corrected chi connectivity index (χ4v) is 1.93. The normalized spacial score (nSPS) is 8.67. The monoisotopic (exact) mass is 366 g/mol. The van der Waals surface area contributed by atoms with E-state index in [0.29, 0.717) is 11.6 Å². The average molecular weight is 367 g/mol. The highest BCUT2D eigenvalue weighted by atomic mass is 15.1. The van der Waals surface area contributed by atoms with Gasteiger partial charge in [-0.05, 0) is 24.3 Å². The van der Waals surface area contributed by atoms with E-state index in [9.17, 15) is 0 Å². The molecular weight excluding hydrogens is 332 g/mol. The SMILES string of the molecule is CC.CC.CCC.Nc1cccc(Nc2nccc(-c3ccccc3)n2)c1. The molecule has 146 valence electrons. The number of nitrogens with one attached hydrogen (secondary N) is 1. The molecule has 0 spiro atoms. The van der Waals surface area contributed by atoms with Crippen LogP contribution in [-0.4, -0.2) is 9.97 Å². The van der Waals surface area contributed by atoms with E-state index in [0.717, 1.165) is 16.9 Å². The fourth-order valence-electron chi connectivity index (χ4n) is 1.93. The van der Waals surface area contributed by atoms with Crippen molar-refractivity contribution in [3.8, 4) is 11.3 Å². The van der Waals surface area contributed by atoms with Gasteiger partial charge in [0, 0.05) is 23.1 Å².